The molecule has 0 aliphatic carbocycles. The third-order valence-electron chi connectivity index (χ3n) is 2.83. The number of amides is 1. The molecule has 1 atom stereocenters. The van der Waals surface area contributed by atoms with E-state index in [0.717, 1.165) is 6.26 Å². The van der Waals surface area contributed by atoms with Gasteiger partial charge in [0.15, 0.2) is 0 Å². The smallest absolute Gasteiger partial charge is 0.244 e. The van der Waals surface area contributed by atoms with Crippen LogP contribution in [0.2, 0.25) is 0 Å². The van der Waals surface area contributed by atoms with E-state index in [0.29, 0.717) is 6.42 Å². The normalized spacial score (nSPS) is 13.5. The molecule has 0 saturated heterocycles. The molecule has 1 unspecified atom stereocenters. The van der Waals surface area contributed by atoms with Gasteiger partial charge in [-0.1, -0.05) is 6.92 Å². The van der Waals surface area contributed by atoms with Crippen LogP contribution in [0.25, 0.3) is 0 Å². The topological polar surface area (TPSA) is 84.3 Å². The summed E-state index contributed by atoms with van der Waals surface area (Å²) in [5, 5.41) is 6.76. The maximum absolute atomic E-state index is 12.0. The second-order valence-corrected chi connectivity index (χ2v) is 6.38. The standard InChI is InChI=1S/C11H20N4O3S/c1-4-10(15-8-5-6-13-15)11(16)12-7-9-14(2)19(3,17)18/h5-6,8,10H,4,7,9H2,1-3H3,(H,12,16). The van der Waals surface area contributed by atoms with E-state index >= 15 is 0 Å². The van der Waals surface area contributed by atoms with Crippen molar-refractivity contribution in [2.75, 3.05) is 26.4 Å². The third kappa shape index (κ3) is 4.64. The molecule has 19 heavy (non-hydrogen) atoms. The lowest BCUT2D eigenvalue weighted by Gasteiger charge is -2.18. The fraction of sp³-hybridized carbons (Fsp3) is 0.636. The molecule has 1 N–H and O–H groups in total. The first-order valence-corrected chi connectivity index (χ1v) is 7.89. The van der Waals surface area contributed by atoms with Crippen molar-refractivity contribution in [2.45, 2.75) is 19.4 Å². The lowest BCUT2D eigenvalue weighted by Crippen LogP contribution is -2.38. The quantitative estimate of drug-likeness (QED) is 0.755. The molecule has 1 aromatic rings. The Morgan fingerprint density at radius 2 is 2.21 bits per heavy atom. The molecule has 0 bridgehead atoms. The van der Waals surface area contributed by atoms with Crippen LogP contribution in [0.5, 0.6) is 0 Å². The van der Waals surface area contributed by atoms with E-state index < -0.39 is 10.0 Å². The van der Waals surface area contributed by atoms with Crippen LogP contribution in [-0.4, -0.2) is 54.8 Å². The van der Waals surface area contributed by atoms with Crippen molar-refractivity contribution in [3.8, 4) is 0 Å². The molecule has 0 saturated carbocycles. The monoisotopic (exact) mass is 288 g/mol. The lowest BCUT2D eigenvalue weighted by atomic mass is 10.2. The Morgan fingerprint density at radius 3 is 2.68 bits per heavy atom. The maximum Gasteiger partial charge on any atom is 0.244 e. The number of carbonyl (C=O) groups excluding carboxylic acids is 1. The summed E-state index contributed by atoms with van der Waals surface area (Å²) in [4.78, 5) is 12.0. The van der Waals surface area contributed by atoms with Crippen LogP contribution in [0, 0.1) is 0 Å². The van der Waals surface area contributed by atoms with Gasteiger partial charge in [0.25, 0.3) is 0 Å². The van der Waals surface area contributed by atoms with Gasteiger partial charge in [0, 0.05) is 32.5 Å². The number of nitrogens with one attached hydrogen (secondary N) is 1. The van der Waals surface area contributed by atoms with Gasteiger partial charge < -0.3 is 5.32 Å². The molecule has 0 spiro atoms. The van der Waals surface area contributed by atoms with E-state index in [1.165, 1.54) is 11.4 Å². The molecule has 0 fully saturated rings. The number of carbonyl (C=O) groups is 1. The van der Waals surface area contributed by atoms with Gasteiger partial charge in [-0.15, -0.1) is 0 Å². The van der Waals surface area contributed by atoms with Crippen LogP contribution >= 0.6 is 0 Å². The highest BCUT2D eigenvalue weighted by Gasteiger charge is 2.18. The largest absolute Gasteiger partial charge is 0.353 e. The molecule has 1 amide bonds. The summed E-state index contributed by atoms with van der Waals surface area (Å²) < 4.78 is 25.2. The van der Waals surface area contributed by atoms with Gasteiger partial charge in [0.2, 0.25) is 15.9 Å². The molecule has 0 radical (unpaired) electrons. The molecule has 8 heteroatoms. The number of nitrogens with zero attached hydrogens (tertiary/aromatic N) is 3. The van der Waals surface area contributed by atoms with E-state index in [9.17, 15) is 13.2 Å². The van der Waals surface area contributed by atoms with Gasteiger partial charge in [0.1, 0.15) is 6.04 Å². The number of likely N-dealkylation sites (N-methyl/N-ethyl adjacent to an activating group) is 1. The van der Waals surface area contributed by atoms with Crippen LogP contribution < -0.4 is 5.32 Å². The van der Waals surface area contributed by atoms with Gasteiger partial charge in [-0.2, -0.15) is 5.10 Å². The van der Waals surface area contributed by atoms with Crippen molar-refractivity contribution < 1.29 is 13.2 Å². The molecule has 108 valence electrons. The molecule has 0 aromatic carbocycles. The SMILES string of the molecule is CCC(C(=O)NCCN(C)S(C)(=O)=O)n1cccn1. The van der Waals surface area contributed by atoms with E-state index in [2.05, 4.69) is 10.4 Å². The minimum atomic E-state index is -3.21. The molecule has 0 aliphatic rings. The molecule has 1 rings (SSSR count). The summed E-state index contributed by atoms with van der Waals surface area (Å²) in [6.45, 7) is 2.43. The fourth-order valence-corrected chi connectivity index (χ4v) is 2.00. The lowest BCUT2D eigenvalue weighted by molar-refractivity contribution is -0.124. The number of aromatic nitrogens is 2. The molecule has 0 aliphatic heterocycles. The first kappa shape index (κ1) is 15.6. The predicted octanol–water partition coefficient (Wildman–Crippen LogP) is -0.158. The van der Waals surface area contributed by atoms with Crippen molar-refractivity contribution in [3.05, 3.63) is 18.5 Å². The van der Waals surface area contributed by atoms with Gasteiger partial charge in [0.05, 0.1) is 6.26 Å². The fourth-order valence-electron chi connectivity index (χ4n) is 1.58. The molecule has 1 heterocycles. The Morgan fingerprint density at radius 1 is 1.53 bits per heavy atom. The van der Waals surface area contributed by atoms with Crippen molar-refractivity contribution >= 4 is 15.9 Å². The van der Waals surface area contributed by atoms with Crippen LogP contribution in [0.1, 0.15) is 19.4 Å². The summed E-state index contributed by atoms with van der Waals surface area (Å²) in [7, 11) is -1.73. The predicted molar refractivity (Wildman–Crippen MR) is 72.0 cm³/mol. The number of rotatable bonds is 7. The highest BCUT2D eigenvalue weighted by atomic mass is 32.2. The summed E-state index contributed by atoms with van der Waals surface area (Å²) in [5.41, 5.74) is 0. The van der Waals surface area contributed by atoms with Gasteiger partial charge >= 0.3 is 0 Å². The zero-order valence-corrected chi connectivity index (χ0v) is 12.2. The van der Waals surface area contributed by atoms with E-state index in [-0.39, 0.29) is 25.0 Å². The average Bonchev–Trinajstić information content (AvgIpc) is 2.82. The molecular weight excluding hydrogens is 268 g/mol. The summed E-state index contributed by atoms with van der Waals surface area (Å²) in [6.07, 6.45) is 5.10. The van der Waals surface area contributed by atoms with Crippen LogP contribution in [0.4, 0.5) is 0 Å². The highest BCUT2D eigenvalue weighted by molar-refractivity contribution is 7.88. The van der Waals surface area contributed by atoms with Crippen molar-refractivity contribution in [1.29, 1.82) is 0 Å². The molecule has 1 aromatic heterocycles. The van der Waals surface area contributed by atoms with Gasteiger partial charge in [-0.05, 0) is 12.5 Å². The second-order valence-electron chi connectivity index (χ2n) is 4.29. The number of hydrogen-bond donors (Lipinski definition) is 1. The minimum Gasteiger partial charge on any atom is -0.353 e. The highest BCUT2D eigenvalue weighted by Crippen LogP contribution is 2.09. The number of sulfonamides is 1. The maximum atomic E-state index is 12.0. The zero-order chi connectivity index (χ0) is 14.5. The zero-order valence-electron chi connectivity index (χ0n) is 11.4. The third-order valence-corrected chi connectivity index (χ3v) is 4.14. The summed E-state index contributed by atoms with van der Waals surface area (Å²) in [5.74, 6) is -0.159. The van der Waals surface area contributed by atoms with Crippen molar-refractivity contribution in [2.24, 2.45) is 0 Å². The van der Waals surface area contributed by atoms with E-state index in [1.807, 2.05) is 6.92 Å². The van der Waals surface area contributed by atoms with E-state index in [1.54, 1.807) is 23.1 Å². The first-order valence-electron chi connectivity index (χ1n) is 6.04. The Balaban J connectivity index is 2.47. The van der Waals surface area contributed by atoms with Gasteiger partial charge in [-0.25, -0.2) is 12.7 Å². The average molecular weight is 288 g/mol. The molecular formula is C11H20N4O3S. The van der Waals surface area contributed by atoms with E-state index in [4.69, 9.17) is 0 Å². The van der Waals surface area contributed by atoms with Crippen LogP contribution in [-0.2, 0) is 14.8 Å². The Kier molecular flexibility index (Phi) is 5.49. The van der Waals surface area contributed by atoms with Gasteiger partial charge in [-0.3, -0.25) is 9.48 Å². The Bertz CT molecular complexity index is 498. The van der Waals surface area contributed by atoms with Crippen molar-refractivity contribution in [3.63, 3.8) is 0 Å². The minimum absolute atomic E-state index is 0.159. The molecule has 7 nitrogen and oxygen atoms in total. The van der Waals surface area contributed by atoms with Crippen LogP contribution in [0.3, 0.4) is 0 Å². The second kappa shape index (κ2) is 6.67. The summed E-state index contributed by atoms with van der Waals surface area (Å²) >= 11 is 0. The first-order chi connectivity index (χ1) is 8.86. The van der Waals surface area contributed by atoms with Crippen molar-refractivity contribution in [1.82, 2.24) is 19.4 Å². The Hall–Kier alpha value is -1.41. The Labute approximate surface area is 113 Å². The van der Waals surface area contributed by atoms with Crippen LogP contribution in [0.15, 0.2) is 18.5 Å². The summed E-state index contributed by atoms with van der Waals surface area (Å²) in [6, 6.07) is 1.39. The number of hydrogen-bond acceptors (Lipinski definition) is 4.